The molecule has 1 aromatic rings. The Labute approximate surface area is 110 Å². The van der Waals surface area contributed by atoms with Crippen molar-refractivity contribution in [3.8, 4) is 5.75 Å². The molecule has 4 heteroatoms. The third kappa shape index (κ3) is 3.98. The smallest absolute Gasteiger partial charge is 0.123 e. The monoisotopic (exact) mass is 252 g/mol. The Morgan fingerprint density at radius 3 is 2.61 bits per heavy atom. The number of ether oxygens (including phenoxy) is 2. The molecule has 0 spiro atoms. The van der Waals surface area contributed by atoms with Crippen LogP contribution in [0.2, 0.25) is 0 Å². The van der Waals surface area contributed by atoms with Gasteiger partial charge in [0.05, 0.1) is 13.2 Å². The zero-order valence-corrected chi connectivity index (χ0v) is 11.6. The lowest BCUT2D eigenvalue weighted by molar-refractivity contribution is 0.165. The molecular formula is C14H24N2O2. The summed E-state index contributed by atoms with van der Waals surface area (Å²) in [6.07, 6.45) is 0.999. The molecular weight excluding hydrogens is 228 g/mol. The molecule has 0 saturated carbocycles. The molecule has 0 bridgehead atoms. The Morgan fingerprint density at radius 1 is 1.28 bits per heavy atom. The van der Waals surface area contributed by atoms with Crippen LogP contribution in [-0.4, -0.2) is 45.9 Å². The van der Waals surface area contributed by atoms with Gasteiger partial charge in [-0.1, -0.05) is 18.2 Å². The van der Waals surface area contributed by atoms with Gasteiger partial charge < -0.3 is 15.2 Å². The average molecular weight is 252 g/mol. The number of likely N-dealkylation sites (N-methyl/N-ethyl adjacent to an activating group) is 1. The van der Waals surface area contributed by atoms with E-state index in [1.807, 2.05) is 18.2 Å². The minimum atomic E-state index is 0.179. The summed E-state index contributed by atoms with van der Waals surface area (Å²) in [5.41, 5.74) is 7.05. The highest BCUT2D eigenvalue weighted by atomic mass is 16.5. The predicted octanol–water partition coefficient (Wildman–Crippen LogP) is 1.66. The van der Waals surface area contributed by atoms with Crippen LogP contribution in [0.15, 0.2) is 24.3 Å². The van der Waals surface area contributed by atoms with Crippen LogP contribution in [0.3, 0.4) is 0 Å². The van der Waals surface area contributed by atoms with Crippen LogP contribution in [-0.2, 0) is 4.74 Å². The van der Waals surface area contributed by atoms with Crippen molar-refractivity contribution in [3.63, 3.8) is 0 Å². The van der Waals surface area contributed by atoms with E-state index in [4.69, 9.17) is 15.2 Å². The summed E-state index contributed by atoms with van der Waals surface area (Å²) in [6.45, 7) is 2.30. The SMILES string of the molecule is COCCCN(C)C(CN)c1ccccc1OC. The highest BCUT2D eigenvalue weighted by Gasteiger charge is 2.18. The number of nitrogens with zero attached hydrogens (tertiary/aromatic N) is 1. The van der Waals surface area contributed by atoms with E-state index in [9.17, 15) is 0 Å². The van der Waals surface area contributed by atoms with Crippen molar-refractivity contribution in [1.29, 1.82) is 0 Å². The maximum atomic E-state index is 5.91. The number of hydrogen-bond acceptors (Lipinski definition) is 4. The topological polar surface area (TPSA) is 47.7 Å². The van der Waals surface area contributed by atoms with Gasteiger partial charge in [-0.25, -0.2) is 0 Å². The number of rotatable bonds is 8. The van der Waals surface area contributed by atoms with Gasteiger partial charge in [0.15, 0.2) is 0 Å². The van der Waals surface area contributed by atoms with Crippen LogP contribution in [0, 0.1) is 0 Å². The zero-order chi connectivity index (χ0) is 13.4. The number of benzene rings is 1. The van der Waals surface area contributed by atoms with Gasteiger partial charge in [0.1, 0.15) is 5.75 Å². The summed E-state index contributed by atoms with van der Waals surface area (Å²) in [6, 6.07) is 8.21. The van der Waals surface area contributed by atoms with Crippen LogP contribution in [0.4, 0.5) is 0 Å². The first-order valence-electron chi connectivity index (χ1n) is 6.26. The lowest BCUT2D eigenvalue weighted by atomic mass is 10.0. The van der Waals surface area contributed by atoms with Gasteiger partial charge in [-0.2, -0.15) is 0 Å². The quantitative estimate of drug-likeness (QED) is 0.715. The fourth-order valence-electron chi connectivity index (χ4n) is 2.10. The normalized spacial score (nSPS) is 12.7. The Morgan fingerprint density at radius 2 is 2.00 bits per heavy atom. The molecule has 0 fully saturated rings. The van der Waals surface area contributed by atoms with Crippen molar-refractivity contribution >= 4 is 0 Å². The van der Waals surface area contributed by atoms with Gasteiger partial charge in [-0.05, 0) is 19.5 Å². The largest absolute Gasteiger partial charge is 0.496 e. The summed E-state index contributed by atoms with van der Waals surface area (Å²) in [4.78, 5) is 2.25. The maximum Gasteiger partial charge on any atom is 0.123 e. The van der Waals surface area contributed by atoms with Crippen LogP contribution in [0.1, 0.15) is 18.0 Å². The van der Waals surface area contributed by atoms with E-state index >= 15 is 0 Å². The molecule has 1 unspecified atom stereocenters. The second-order valence-electron chi connectivity index (χ2n) is 4.32. The van der Waals surface area contributed by atoms with Crippen molar-refractivity contribution < 1.29 is 9.47 Å². The first-order valence-corrected chi connectivity index (χ1v) is 6.26. The number of methoxy groups -OCH3 is 2. The van der Waals surface area contributed by atoms with Crippen LogP contribution < -0.4 is 10.5 Å². The first kappa shape index (κ1) is 15.0. The van der Waals surface area contributed by atoms with Gasteiger partial charge in [-0.15, -0.1) is 0 Å². The Balaban J connectivity index is 2.75. The molecule has 1 aromatic carbocycles. The second-order valence-corrected chi connectivity index (χ2v) is 4.32. The highest BCUT2D eigenvalue weighted by molar-refractivity contribution is 5.36. The number of nitrogens with two attached hydrogens (primary N) is 1. The number of para-hydroxylation sites is 1. The van der Waals surface area contributed by atoms with Gasteiger partial charge in [0.2, 0.25) is 0 Å². The third-order valence-electron chi connectivity index (χ3n) is 3.11. The Kier molecular flexibility index (Phi) is 6.72. The van der Waals surface area contributed by atoms with E-state index in [2.05, 4.69) is 18.0 Å². The summed E-state index contributed by atoms with van der Waals surface area (Å²) < 4.78 is 10.5. The van der Waals surface area contributed by atoms with E-state index in [1.165, 1.54) is 0 Å². The molecule has 18 heavy (non-hydrogen) atoms. The molecule has 0 aromatic heterocycles. The molecule has 0 aliphatic heterocycles. The van der Waals surface area contributed by atoms with Gasteiger partial charge in [-0.3, -0.25) is 4.90 Å². The molecule has 0 radical (unpaired) electrons. The fraction of sp³-hybridized carbons (Fsp3) is 0.571. The molecule has 0 heterocycles. The van der Waals surface area contributed by atoms with E-state index in [0.717, 1.165) is 30.9 Å². The van der Waals surface area contributed by atoms with Crippen LogP contribution in [0.25, 0.3) is 0 Å². The number of hydrogen-bond donors (Lipinski definition) is 1. The second kappa shape index (κ2) is 8.08. The summed E-state index contributed by atoms with van der Waals surface area (Å²) in [5.74, 6) is 0.895. The van der Waals surface area contributed by atoms with Crippen molar-refractivity contribution in [2.45, 2.75) is 12.5 Å². The van der Waals surface area contributed by atoms with Crippen LogP contribution >= 0.6 is 0 Å². The first-order chi connectivity index (χ1) is 8.74. The summed E-state index contributed by atoms with van der Waals surface area (Å²) >= 11 is 0. The molecule has 2 N–H and O–H groups in total. The van der Waals surface area contributed by atoms with E-state index in [1.54, 1.807) is 14.2 Å². The van der Waals surface area contributed by atoms with E-state index in [0.29, 0.717) is 6.54 Å². The van der Waals surface area contributed by atoms with E-state index < -0.39 is 0 Å². The Hall–Kier alpha value is -1.10. The average Bonchev–Trinajstić information content (AvgIpc) is 2.40. The van der Waals surface area contributed by atoms with Crippen molar-refractivity contribution in [1.82, 2.24) is 4.90 Å². The molecule has 4 nitrogen and oxygen atoms in total. The lowest BCUT2D eigenvalue weighted by Gasteiger charge is -2.28. The molecule has 0 aliphatic carbocycles. The van der Waals surface area contributed by atoms with Gasteiger partial charge in [0, 0.05) is 32.4 Å². The zero-order valence-electron chi connectivity index (χ0n) is 11.6. The minimum absolute atomic E-state index is 0.179. The summed E-state index contributed by atoms with van der Waals surface area (Å²) in [5, 5.41) is 0. The van der Waals surface area contributed by atoms with Crippen LogP contribution in [0.5, 0.6) is 5.75 Å². The highest BCUT2D eigenvalue weighted by Crippen LogP contribution is 2.27. The standard InChI is InChI=1S/C14H24N2O2/c1-16(9-6-10-17-2)13(11-15)12-7-4-5-8-14(12)18-3/h4-5,7-8,13H,6,9-11,15H2,1-3H3. The Bertz CT molecular complexity index is 344. The van der Waals surface area contributed by atoms with Crippen molar-refractivity contribution in [2.24, 2.45) is 5.73 Å². The van der Waals surface area contributed by atoms with Gasteiger partial charge >= 0.3 is 0 Å². The third-order valence-corrected chi connectivity index (χ3v) is 3.11. The molecule has 0 saturated heterocycles. The minimum Gasteiger partial charge on any atom is -0.496 e. The molecule has 0 aliphatic rings. The van der Waals surface area contributed by atoms with Gasteiger partial charge in [0.25, 0.3) is 0 Å². The lowest BCUT2D eigenvalue weighted by Crippen LogP contribution is -2.32. The van der Waals surface area contributed by atoms with Crippen molar-refractivity contribution in [3.05, 3.63) is 29.8 Å². The van der Waals surface area contributed by atoms with Crippen molar-refractivity contribution in [2.75, 3.05) is 41.0 Å². The maximum absolute atomic E-state index is 5.91. The molecule has 1 atom stereocenters. The molecule has 102 valence electrons. The predicted molar refractivity (Wildman–Crippen MR) is 73.9 cm³/mol. The molecule has 1 rings (SSSR count). The van der Waals surface area contributed by atoms with E-state index in [-0.39, 0.29) is 6.04 Å². The fourth-order valence-corrected chi connectivity index (χ4v) is 2.10. The summed E-state index contributed by atoms with van der Waals surface area (Å²) in [7, 11) is 5.50. The molecule has 0 amide bonds.